The zero-order valence-corrected chi connectivity index (χ0v) is 15.4. The highest BCUT2D eigenvalue weighted by Crippen LogP contribution is 2.26. The third kappa shape index (κ3) is 4.29. The number of anilines is 1. The van der Waals surface area contributed by atoms with Gasteiger partial charge in [0.2, 0.25) is 5.82 Å². The molecule has 0 amide bonds. The van der Waals surface area contributed by atoms with E-state index in [1.807, 2.05) is 18.2 Å². The average Bonchev–Trinajstić information content (AvgIpc) is 2.66. The topological polar surface area (TPSA) is 81.2 Å². The molecule has 3 rings (SSSR count). The van der Waals surface area contributed by atoms with Gasteiger partial charge in [-0.1, -0.05) is 50.1 Å². The average molecular weight is 371 g/mol. The van der Waals surface area contributed by atoms with E-state index in [1.54, 1.807) is 24.3 Å². The summed E-state index contributed by atoms with van der Waals surface area (Å²) in [5.74, 6) is 0.295. The number of nitrogens with zero attached hydrogens (tertiary/aromatic N) is 2. The highest BCUT2D eigenvalue weighted by molar-refractivity contribution is 7.92. The molecular weight excluding hydrogens is 350 g/mol. The summed E-state index contributed by atoms with van der Waals surface area (Å²) in [6.45, 7) is 2.57. The van der Waals surface area contributed by atoms with Crippen LogP contribution in [0.25, 0.3) is 11.0 Å². The van der Waals surface area contributed by atoms with Crippen LogP contribution < -0.4 is 9.46 Å². The number of hydrogen-bond acceptors (Lipinski definition) is 5. The van der Waals surface area contributed by atoms with Gasteiger partial charge >= 0.3 is 0 Å². The summed E-state index contributed by atoms with van der Waals surface area (Å²) in [6.07, 6.45) is 2.97. The maximum absolute atomic E-state index is 12.6. The van der Waals surface area contributed by atoms with Gasteiger partial charge in [-0.15, -0.1) is 0 Å². The van der Waals surface area contributed by atoms with Gasteiger partial charge in [0.25, 0.3) is 15.9 Å². The van der Waals surface area contributed by atoms with E-state index in [-0.39, 0.29) is 16.6 Å². The highest BCUT2D eigenvalue weighted by Gasteiger charge is 2.19. The third-order valence-corrected chi connectivity index (χ3v) is 5.16. The lowest BCUT2D eigenvalue weighted by Gasteiger charge is -2.13. The Balaban J connectivity index is 1.94. The first-order valence-electron chi connectivity index (χ1n) is 8.57. The number of nitrogens with one attached hydrogen (secondary N) is 1. The first kappa shape index (κ1) is 18.1. The van der Waals surface area contributed by atoms with Crippen LogP contribution in [0.3, 0.4) is 0 Å². The fourth-order valence-electron chi connectivity index (χ4n) is 2.46. The van der Waals surface area contributed by atoms with Crippen LogP contribution in [0.15, 0.2) is 59.5 Å². The summed E-state index contributed by atoms with van der Waals surface area (Å²) in [4.78, 5) is 9.01. The van der Waals surface area contributed by atoms with Crippen LogP contribution in [0.1, 0.15) is 26.2 Å². The molecular formula is C19H21N3O3S. The number of sulfonamides is 1. The molecule has 1 N–H and O–H groups in total. The normalized spacial score (nSPS) is 11.4. The molecule has 1 heterocycles. The molecule has 0 aliphatic rings. The van der Waals surface area contributed by atoms with Crippen LogP contribution in [0.2, 0.25) is 0 Å². The maximum atomic E-state index is 12.6. The number of fused-ring (bicyclic) bond motifs is 1. The predicted molar refractivity (Wildman–Crippen MR) is 102 cm³/mol. The summed E-state index contributed by atoms with van der Waals surface area (Å²) < 4.78 is 33.5. The minimum absolute atomic E-state index is 0.101. The second-order valence-corrected chi connectivity index (χ2v) is 7.52. The van der Waals surface area contributed by atoms with Crippen molar-refractivity contribution in [2.75, 3.05) is 11.3 Å². The SMILES string of the molecule is CCCCCOc1nc2ccccc2nc1NS(=O)(=O)c1ccccc1. The lowest BCUT2D eigenvalue weighted by molar-refractivity contribution is 0.297. The van der Waals surface area contributed by atoms with Crippen molar-refractivity contribution in [2.45, 2.75) is 31.1 Å². The second-order valence-electron chi connectivity index (χ2n) is 5.84. The van der Waals surface area contributed by atoms with Crippen LogP contribution in [-0.2, 0) is 10.0 Å². The molecule has 0 aliphatic heterocycles. The van der Waals surface area contributed by atoms with E-state index in [2.05, 4.69) is 21.6 Å². The molecule has 7 heteroatoms. The van der Waals surface area contributed by atoms with Crippen molar-refractivity contribution in [3.8, 4) is 5.88 Å². The fourth-order valence-corrected chi connectivity index (χ4v) is 3.48. The third-order valence-electron chi connectivity index (χ3n) is 3.81. The molecule has 6 nitrogen and oxygen atoms in total. The largest absolute Gasteiger partial charge is 0.475 e. The highest BCUT2D eigenvalue weighted by atomic mass is 32.2. The Morgan fingerprint density at radius 3 is 2.27 bits per heavy atom. The Morgan fingerprint density at radius 2 is 1.58 bits per heavy atom. The van der Waals surface area contributed by atoms with Gasteiger partial charge in [0.05, 0.1) is 22.5 Å². The zero-order valence-electron chi connectivity index (χ0n) is 14.6. The van der Waals surface area contributed by atoms with Gasteiger partial charge in [-0.3, -0.25) is 4.72 Å². The van der Waals surface area contributed by atoms with E-state index >= 15 is 0 Å². The number of ether oxygens (including phenoxy) is 1. The lowest BCUT2D eigenvalue weighted by Crippen LogP contribution is -2.16. The zero-order chi connectivity index (χ0) is 18.4. The van der Waals surface area contributed by atoms with E-state index in [9.17, 15) is 8.42 Å². The van der Waals surface area contributed by atoms with Crippen molar-refractivity contribution in [1.82, 2.24) is 9.97 Å². The summed E-state index contributed by atoms with van der Waals surface area (Å²) in [5, 5.41) is 0. The van der Waals surface area contributed by atoms with E-state index in [0.717, 1.165) is 19.3 Å². The predicted octanol–water partition coefficient (Wildman–Crippen LogP) is 4.00. The van der Waals surface area contributed by atoms with E-state index in [1.165, 1.54) is 12.1 Å². The van der Waals surface area contributed by atoms with Gasteiger partial charge in [0.15, 0.2) is 0 Å². The van der Waals surface area contributed by atoms with Crippen LogP contribution in [0.5, 0.6) is 5.88 Å². The molecule has 0 aliphatic carbocycles. The quantitative estimate of drug-likeness (QED) is 0.605. The number of para-hydroxylation sites is 2. The van der Waals surface area contributed by atoms with Crippen LogP contribution in [0, 0.1) is 0 Å². The Kier molecular flexibility index (Phi) is 5.68. The van der Waals surface area contributed by atoms with Crippen molar-refractivity contribution >= 4 is 26.9 Å². The number of unbranched alkanes of at least 4 members (excludes halogenated alkanes) is 2. The van der Waals surface area contributed by atoms with Gasteiger partial charge < -0.3 is 4.74 Å². The minimum atomic E-state index is -3.77. The molecule has 0 radical (unpaired) electrons. The summed E-state index contributed by atoms with van der Waals surface area (Å²) in [6, 6.07) is 15.4. The summed E-state index contributed by atoms with van der Waals surface area (Å²) in [7, 11) is -3.77. The first-order chi connectivity index (χ1) is 12.6. The molecule has 0 fully saturated rings. The van der Waals surface area contributed by atoms with Gasteiger partial charge in [0.1, 0.15) is 0 Å². The van der Waals surface area contributed by atoms with Gasteiger partial charge in [0, 0.05) is 0 Å². The number of benzene rings is 2. The molecule has 0 atom stereocenters. The van der Waals surface area contributed by atoms with Crippen molar-refractivity contribution in [1.29, 1.82) is 0 Å². The Morgan fingerprint density at radius 1 is 0.923 bits per heavy atom. The van der Waals surface area contributed by atoms with Crippen molar-refractivity contribution < 1.29 is 13.2 Å². The van der Waals surface area contributed by atoms with E-state index < -0.39 is 10.0 Å². The molecule has 26 heavy (non-hydrogen) atoms. The van der Waals surface area contributed by atoms with Gasteiger partial charge in [-0.2, -0.15) is 0 Å². The van der Waals surface area contributed by atoms with Crippen LogP contribution in [0.4, 0.5) is 5.82 Å². The number of aromatic nitrogens is 2. The summed E-state index contributed by atoms with van der Waals surface area (Å²) in [5.41, 5.74) is 1.25. The molecule has 1 aromatic heterocycles. The Hall–Kier alpha value is -2.67. The Bertz CT molecular complexity index is 976. The number of hydrogen-bond donors (Lipinski definition) is 1. The number of rotatable bonds is 8. The molecule has 3 aromatic rings. The summed E-state index contributed by atoms with van der Waals surface area (Å²) >= 11 is 0. The lowest BCUT2D eigenvalue weighted by atomic mass is 10.3. The van der Waals surface area contributed by atoms with E-state index in [0.29, 0.717) is 17.6 Å². The minimum Gasteiger partial charge on any atom is -0.475 e. The van der Waals surface area contributed by atoms with Gasteiger partial charge in [-0.25, -0.2) is 18.4 Å². The molecule has 0 spiro atoms. The molecule has 2 aromatic carbocycles. The Labute approximate surface area is 153 Å². The fraction of sp³-hybridized carbons (Fsp3) is 0.263. The first-order valence-corrected chi connectivity index (χ1v) is 10.1. The monoisotopic (exact) mass is 371 g/mol. The standard InChI is InChI=1S/C19H21N3O3S/c1-2-3-9-14-25-19-18(20-16-12-7-8-13-17(16)21-19)22-26(23,24)15-10-5-4-6-11-15/h4-8,10-13H,2-3,9,14H2,1H3,(H,20,22). The van der Waals surface area contributed by atoms with E-state index in [4.69, 9.17) is 4.74 Å². The van der Waals surface area contributed by atoms with Crippen LogP contribution in [-0.4, -0.2) is 25.0 Å². The molecule has 0 bridgehead atoms. The van der Waals surface area contributed by atoms with Gasteiger partial charge in [-0.05, 0) is 30.7 Å². The van der Waals surface area contributed by atoms with Crippen molar-refractivity contribution in [2.24, 2.45) is 0 Å². The van der Waals surface area contributed by atoms with Crippen molar-refractivity contribution in [3.05, 3.63) is 54.6 Å². The molecule has 136 valence electrons. The smallest absolute Gasteiger partial charge is 0.263 e. The maximum Gasteiger partial charge on any atom is 0.263 e. The molecule has 0 saturated heterocycles. The second kappa shape index (κ2) is 8.14. The molecule has 0 unspecified atom stereocenters. The van der Waals surface area contributed by atoms with Crippen molar-refractivity contribution in [3.63, 3.8) is 0 Å². The molecule has 0 saturated carbocycles. The van der Waals surface area contributed by atoms with Crippen LogP contribution >= 0.6 is 0 Å².